The number of nitrogens with one attached hydrogen (secondary N) is 2. The molecule has 122 valence electrons. The van der Waals surface area contributed by atoms with E-state index in [9.17, 15) is 9.90 Å². The van der Waals surface area contributed by atoms with Crippen molar-refractivity contribution in [3.8, 4) is 17.0 Å². The first-order chi connectivity index (χ1) is 11.2. The second-order valence-corrected chi connectivity index (χ2v) is 5.87. The molecule has 6 nitrogen and oxygen atoms in total. The Morgan fingerprint density at radius 1 is 1.43 bits per heavy atom. The number of carbonyl (C=O) groups excluding carboxylic acids is 1. The highest BCUT2D eigenvalue weighted by molar-refractivity contribution is 5.93. The first-order valence-electron chi connectivity index (χ1n) is 7.83. The van der Waals surface area contributed by atoms with Gasteiger partial charge in [0.05, 0.1) is 18.9 Å². The van der Waals surface area contributed by atoms with Crippen molar-refractivity contribution in [2.24, 2.45) is 5.92 Å². The number of aliphatic hydroxyl groups excluding tert-OH is 1. The molecule has 23 heavy (non-hydrogen) atoms. The number of methoxy groups -OCH3 is 1. The van der Waals surface area contributed by atoms with Crippen LogP contribution in [0.5, 0.6) is 5.75 Å². The molecule has 2 atom stereocenters. The molecule has 6 heteroatoms. The first-order valence-corrected chi connectivity index (χ1v) is 7.83. The van der Waals surface area contributed by atoms with Crippen molar-refractivity contribution in [1.82, 2.24) is 15.5 Å². The molecule has 1 amide bonds. The van der Waals surface area contributed by atoms with Crippen LogP contribution in [0.2, 0.25) is 0 Å². The third-order valence-electron chi connectivity index (χ3n) is 4.33. The molecule has 0 radical (unpaired) electrons. The van der Waals surface area contributed by atoms with Gasteiger partial charge in [0.25, 0.3) is 5.91 Å². The molecule has 1 fully saturated rings. The largest absolute Gasteiger partial charge is 0.497 e. The molecule has 1 aliphatic carbocycles. The zero-order valence-electron chi connectivity index (χ0n) is 13.1. The fraction of sp³-hybridized carbons (Fsp3) is 0.412. The van der Waals surface area contributed by atoms with Gasteiger partial charge in [-0.2, -0.15) is 5.10 Å². The number of aliphatic hydroxyl groups is 1. The third-order valence-corrected chi connectivity index (χ3v) is 4.33. The van der Waals surface area contributed by atoms with Crippen molar-refractivity contribution in [1.29, 1.82) is 0 Å². The van der Waals surface area contributed by atoms with Crippen LogP contribution in [0.15, 0.2) is 30.3 Å². The molecule has 1 aromatic heterocycles. The van der Waals surface area contributed by atoms with Gasteiger partial charge in [-0.05, 0) is 31.0 Å². The van der Waals surface area contributed by atoms with Crippen molar-refractivity contribution in [2.45, 2.75) is 25.4 Å². The van der Waals surface area contributed by atoms with Gasteiger partial charge in [0.1, 0.15) is 11.4 Å². The lowest BCUT2D eigenvalue weighted by Gasteiger charge is -2.14. The van der Waals surface area contributed by atoms with E-state index in [2.05, 4.69) is 15.5 Å². The average molecular weight is 315 g/mol. The summed E-state index contributed by atoms with van der Waals surface area (Å²) >= 11 is 0. The lowest BCUT2D eigenvalue weighted by atomic mass is 10.1. The Morgan fingerprint density at radius 2 is 2.30 bits per heavy atom. The van der Waals surface area contributed by atoms with Gasteiger partial charge in [-0.3, -0.25) is 9.89 Å². The highest BCUT2D eigenvalue weighted by Crippen LogP contribution is 2.25. The number of hydrogen-bond donors (Lipinski definition) is 3. The maximum Gasteiger partial charge on any atom is 0.269 e. The fourth-order valence-electron chi connectivity index (χ4n) is 2.94. The van der Waals surface area contributed by atoms with Gasteiger partial charge in [0, 0.05) is 18.0 Å². The number of H-pyrrole nitrogens is 1. The Bertz CT molecular complexity index is 683. The van der Waals surface area contributed by atoms with Gasteiger partial charge in [-0.15, -0.1) is 0 Å². The summed E-state index contributed by atoms with van der Waals surface area (Å²) in [7, 11) is 1.61. The number of nitrogens with zero attached hydrogens (tertiary/aromatic N) is 1. The molecule has 2 aromatic rings. The van der Waals surface area contributed by atoms with Crippen LogP contribution in [0.3, 0.4) is 0 Å². The van der Waals surface area contributed by atoms with E-state index in [0.29, 0.717) is 17.9 Å². The molecular formula is C17H21N3O3. The predicted molar refractivity (Wildman–Crippen MR) is 86.3 cm³/mol. The Hall–Kier alpha value is -2.34. The smallest absolute Gasteiger partial charge is 0.269 e. The molecule has 3 rings (SSSR count). The number of carbonyl (C=O) groups is 1. The molecule has 1 saturated carbocycles. The van der Waals surface area contributed by atoms with Gasteiger partial charge >= 0.3 is 0 Å². The van der Waals surface area contributed by atoms with E-state index >= 15 is 0 Å². The molecule has 3 N–H and O–H groups in total. The van der Waals surface area contributed by atoms with E-state index in [1.165, 1.54) is 0 Å². The van der Waals surface area contributed by atoms with Crippen LogP contribution >= 0.6 is 0 Å². The molecule has 0 aliphatic heterocycles. The second kappa shape index (κ2) is 6.83. The Balaban J connectivity index is 1.65. The van der Waals surface area contributed by atoms with Crippen molar-refractivity contribution in [2.75, 3.05) is 13.7 Å². The van der Waals surface area contributed by atoms with E-state index in [0.717, 1.165) is 30.6 Å². The van der Waals surface area contributed by atoms with Crippen LogP contribution in [0.1, 0.15) is 29.8 Å². The Labute approximate surface area is 134 Å². The molecule has 0 spiro atoms. The predicted octanol–water partition coefficient (Wildman–Crippen LogP) is 1.98. The summed E-state index contributed by atoms with van der Waals surface area (Å²) in [5, 5.41) is 19.6. The van der Waals surface area contributed by atoms with Gasteiger partial charge < -0.3 is 15.2 Å². The fourth-order valence-corrected chi connectivity index (χ4v) is 2.94. The van der Waals surface area contributed by atoms with E-state index in [1.807, 2.05) is 24.3 Å². The van der Waals surface area contributed by atoms with Crippen LogP contribution < -0.4 is 10.1 Å². The summed E-state index contributed by atoms with van der Waals surface area (Å²) in [5.74, 6) is 0.692. The van der Waals surface area contributed by atoms with Crippen molar-refractivity contribution in [3.63, 3.8) is 0 Å². The lowest BCUT2D eigenvalue weighted by Crippen LogP contribution is -2.32. The first kappa shape index (κ1) is 15.6. The topological polar surface area (TPSA) is 87.2 Å². The Morgan fingerprint density at radius 3 is 3.04 bits per heavy atom. The molecule has 1 heterocycles. The normalized spacial score (nSPS) is 20.4. The minimum absolute atomic E-state index is 0.153. The van der Waals surface area contributed by atoms with E-state index < -0.39 is 0 Å². The number of hydrogen-bond acceptors (Lipinski definition) is 4. The number of aromatic amines is 1. The highest BCUT2D eigenvalue weighted by atomic mass is 16.5. The molecule has 0 saturated heterocycles. The van der Waals surface area contributed by atoms with E-state index in [1.54, 1.807) is 13.2 Å². The van der Waals surface area contributed by atoms with E-state index in [4.69, 9.17) is 4.74 Å². The number of rotatable bonds is 5. The summed E-state index contributed by atoms with van der Waals surface area (Å²) in [6.45, 7) is 0.494. The summed E-state index contributed by atoms with van der Waals surface area (Å²) in [4.78, 5) is 12.2. The monoisotopic (exact) mass is 315 g/mol. The minimum Gasteiger partial charge on any atom is -0.497 e. The molecule has 1 aromatic carbocycles. The van der Waals surface area contributed by atoms with Crippen molar-refractivity contribution in [3.05, 3.63) is 36.0 Å². The third kappa shape index (κ3) is 3.53. The number of benzene rings is 1. The zero-order valence-corrected chi connectivity index (χ0v) is 13.1. The van der Waals surface area contributed by atoms with Crippen LogP contribution in [-0.2, 0) is 0 Å². The average Bonchev–Trinajstić information content (AvgIpc) is 3.22. The van der Waals surface area contributed by atoms with Gasteiger partial charge in [-0.25, -0.2) is 0 Å². The maximum absolute atomic E-state index is 12.2. The van der Waals surface area contributed by atoms with E-state index in [-0.39, 0.29) is 17.9 Å². The van der Waals surface area contributed by atoms with Crippen molar-refractivity contribution >= 4 is 5.91 Å². The number of ether oxygens (including phenoxy) is 1. The molecule has 2 unspecified atom stereocenters. The van der Waals surface area contributed by atoms with Gasteiger partial charge in [0.15, 0.2) is 0 Å². The summed E-state index contributed by atoms with van der Waals surface area (Å²) < 4.78 is 5.20. The summed E-state index contributed by atoms with van der Waals surface area (Å²) in [6, 6.07) is 9.23. The van der Waals surface area contributed by atoms with Gasteiger partial charge in [-0.1, -0.05) is 18.6 Å². The number of aromatic nitrogens is 2. The quantitative estimate of drug-likeness (QED) is 0.787. The summed E-state index contributed by atoms with van der Waals surface area (Å²) in [6.07, 6.45) is 2.50. The summed E-state index contributed by atoms with van der Waals surface area (Å²) in [5.41, 5.74) is 1.98. The zero-order chi connectivity index (χ0) is 16.2. The molecular weight excluding hydrogens is 294 g/mol. The number of amides is 1. The van der Waals surface area contributed by atoms with Crippen LogP contribution in [0.25, 0.3) is 11.3 Å². The van der Waals surface area contributed by atoms with Crippen LogP contribution in [-0.4, -0.2) is 41.0 Å². The Kier molecular flexibility index (Phi) is 4.62. The SMILES string of the molecule is COc1cccc(-c2cc(C(=O)NCC3CCCC3O)[nH]n2)c1. The lowest BCUT2D eigenvalue weighted by molar-refractivity contribution is 0.0912. The second-order valence-electron chi connectivity index (χ2n) is 5.87. The van der Waals surface area contributed by atoms with Gasteiger partial charge in [0.2, 0.25) is 0 Å². The maximum atomic E-state index is 12.2. The molecule has 0 bridgehead atoms. The standard InChI is InChI=1S/C17H21N3O3/c1-23-13-6-2-4-11(8-13)14-9-15(20-19-14)17(22)18-10-12-5-3-7-16(12)21/h2,4,6,8-9,12,16,21H,3,5,7,10H2,1H3,(H,18,22)(H,19,20). The minimum atomic E-state index is -0.301. The highest BCUT2D eigenvalue weighted by Gasteiger charge is 2.25. The molecule has 1 aliphatic rings. The van der Waals surface area contributed by atoms with Crippen molar-refractivity contribution < 1.29 is 14.6 Å². The van der Waals surface area contributed by atoms with Crippen LogP contribution in [0.4, 0.5) is 0 Å². The van der Waals surface area contributed by atoms with Crippen LogP contribution in [0, 0.1) is 5.92 Å².